The van der Waals surface area contributed by atoms with Gasteiger partial charge in [-0.05, 0) is 68.2 Å². The number of benzene rings is 2. The minimum absolute atomic E-state index is 0.0494. The van der Waals surface area contributed by atoms with Crippen molar-refractivity contribution in [3.8, 4) is 11.5 Å². The summed E-state index contributed by atoms with van der Waals surface area (Å²) in [5, 5.41) is 11.4. The molecular formula is C28H33NO3. The van der Waals surface area contributed by atoms with E-state index in [1.54, 1.807) is 7.11 Å². The molecule has 0 spiro atoms. The number of ketones is 1. The predicted molar refractivity (Wildman–Crippen MR) is 124 cm³/mol. The minimum atomic E-state index is -0.324. The van der Waals surface area contributed by atoms with E-state index in [1.165, 1.54) is 30.5 Å². The molecule has 2 aromatic rings. The smallest absolute Gasteiger partial charge is 0.161 e. The summed E-state index contributed by atoms with van der Waals surface area (Å²) < 4.78 is 5.54. The molecule has 4 nitrogen and oxygen atoms in total. The first-order chi connectivity index (χ1) is 15.6. The molecule has 6 rings (SSSR count). The topological polar surface area (TPSA) is 49.8 Å². The monoisotopic (exact) mass is 431 g/mol. The van der Waals surface area contributed by atoms with Gasteiger partial charge in [-0.15, -0.1) is 0 Å². The van der Waals surface area contributed by atoms with Crippen LogP contribution in [0.5, 0.6) is 11.5 Å². The summed E-state index contributed by atoms with van der Waals surface area (Å²) in [6.07, 6.45) is 7.65. The highest BCUT2D eigenvalue weighted by Crippen LogP contribution is 2.66. The van der Waals surface area contributed by atoms with Crippen molar-refractivity contribution in [2.75, 3.05) is 20.2 Å². The molecule has 3 aliphatic carbocycles. The Morgan fingerprint density at radius 1 is 1.12 bits per heavy atom. The second-order valence-corrected chi connectivity index (χ2v) is 10.7. The lowest BCUT2D eigenvalue weighted by Crippen LogP contribution is -2.69. The fraction of sp³-hybridized carbons (Fsp3) is 0.536. The number of hydrogen-bond acceptors (Lipinski definition) is 4. The van der Waals surface area contributed by atoms with Gasteiger partial charge in [0.2, 0.25) is 0 Å². The van der Waals surface area contributed by atoms with Gasteiger partial charge >= 0.3 is 0 Å². The lowest BCUT2D eigenvalue weighted by atomic mass is 9.42. The number of carbonyl (C=O) groups is 1. The van der Waals surface area contributed by atoms with E-state index in [4.69, 9.17) is 4.74 Å². The van der Waals surface area contributed by atoms with Crippen LogP contribution in [0.1, 0.15) is 55.2 Å². The van der Waals surface area contributed by atoms with Crippen molar-refractivity contribution >= 4 is 5.78 Å². The Morgan fingerprint density at radius 3 is 2.69 bits per heavy atom. The Morgan fingerprint density at radius 2 is 1.94 bits per heavy atom. The van der Waals surface area contributed by atoms with E-state index in [0.717, 1.165) is 43.7 Å². The maximum atomic E-state index is 13.0. The van der Waals surface area contributed by atoms with E-state index >= 15 is 0 Å². The zero-order valence-electron chi connectivity index (χ0n) is 19.0. The molecule has 1 heterocycles. The summed E-state index contributed by atoms with van der Waals surface area (Å²) in [4.78, 5) is 15.8. The molecule has 1 saturated heterocycles. The number of fused-ring (bicyclic) bond motifs is 1. The number of piperidine rings is 1. The number of carbonyl (C=O) groups excluding carboxylic acids is 1. The summed E-state index contributed by atoms with van der Waals surface area (Å²) >= 11 is 0. The summed E-state index contributed by atoms with van der Waals surface area (Å²) in [7, 11) is 1.62. The largest absolute Gasteiger partial charge is 0.504 e. The summed E-state index contributed by atoms with van der Waals surface area (Å²) in [6.45, 7) is 2.20. The number of likely N-dealkylation sites (tertiary alicyclic amines) is 1. The first-order valence-corrected chi connectivity index (χ1v) is 12.3. The molecule has 0 aromatic heterocycles. The van der Waals surface area contributed by atoms with E-state index in [0.29, 0.717) is 30.4 Å². The van der Waals surface area contributed by atoms with Crippen LogP contribution in [0, 0.1) is 11.3 Å². The van der Waals surface area contributed by atoms with E-state index in [-0.39, 0.29) is 16.6 Å². The Balaban J connectivity index is 1.57. The average molecular weight is 432 g/mol. The molecule has 2 saturated carbocycles. The Bertz CT molecular complexity index is 1050. The first-order valence-electron chi connectivity index (χ1n) is 12.3. The van der Waals surface area contributed by atoms with Crippen LogP contribution in [0.2, 0.25) is 0 Å². The fourth-order valence-corrected chi connectivity index (χ4v) is 7.53. The van der Waals surface area contributed by atoms with Gasteiger partial charge in [-0.3, -0.25) is 9.69 Å². The highest BCUT2D eigenvalue weighted by molar-refractivity contribution is 5.83. The standard InChI is InChI=1S/C28H33NO3/c1-32-23-10-9-21-15-24-27(16-19-5-3-2-4-6-19)12-11-22(30)17-28(27,25(21)26(23)31)13-14-29(24)18-20-7-8-20/h2-6,9-10,20,24,31H,7-8,11-18H2,1H3. The van der Waals surface area contributed by atoms with Gasteiger partial charge in [0.15, 0.2) is 11.5 Å². The molecule has 3 unspecified atom stereocenters. The van der Waals surface area contributed by atoms with Gasteiger partial charge in [0.1, 0.15) is 5.78 Å². The maximum Gasteiger partial charge on any atom is 0.161 e. The van der Waals surface area contributed by atoms with Crippen LogP contribution in [0.25, 0.3) is 0 Å². The van der Waals surface area contributed by atoms with Crippen LogP contribution < -0.4 is 4.74 Å². The van der Waals surface area contributed by atoms with Crippen molar-refractivity contribution in [3.05, 3.63) is 59.2 Å². The zero-order chi connectivity index (χ0) is 21.9. The van der Waals surface area contributed by atoms with Crippen LogP contribution in [0.4, 0.5) is 0 Å². The normalized spacial score (nSPS) is 31.7. The molecule has 3 atom stereocenters. The van der Waals surface area contributed by atoms with Crippen LogP contribution >= 0.6 is 0 Å². The summed E-state index contributed by atoms with van der Waals surface area (Å²) in [6, 6.07) is 15.3. The molecule has 1 aliphatic heterocycles. The van der Waals surface area contributed by atoms with Crippen molar-refractivity contribution in [1.82, 2.24) is 4.90 Å². The third-order valence-electron chi connectivity index (χ3n) is 9.10. The lowest BCUT2D eigenvalue weighted by molar-refractivity contribution is -0.139. The number of Topliss-reactive ketones (excluding diaryl/α,β-unsaturated/α-hetero) is 1. The number of ether oxygens (including phenoxy) is 1. The van der Waals surface area contributed by atoms with E-state index < -0.39 is 0 Å². The lowest BCUT2D eigenvalue weighted by Gasteiger charge is -2.66. The number of rotatable bonds is 5. The van der Waals surface area contributed by atoms with Crippen molar-refractivity contribution < 1.29 is 14.6 Å². The molecule has 3 fully saturated rings. The van der Waals surface area contributed by atoms with Crippen LogP contribution in [-0.2, 0) is 23.1 Å². The molecule has 32 heavy (non-hydrogen) atoms. The van der Waals surface area contributed by atoms with Crippen molar-refractivity contribution in [2.45, 2.75) is 62.8 Å². The van der Waals surface area contributed by atoms with Crippen LogP contribution in [-0.4, -0.2) is 42.0 Å². The molecule has 0 radical (unpaired) electrons. The maximum absolute atomic E-state index is 13.0. The fourth-order valence-electron chi connectivity index (χ4n) is 7.53. The number of nitrogens with zero attached hydrogens (tertiary/aromatic N) is 1. The van der Waals surface area contributed by atoms with Crippen molar-refractivity contribution in [1.29, 1.82) is 0 Å². The van der Waals surface area contributed by atoms with Crippen molar-refractivity contribution in [3.63, 3.8) is 0 Å². The number of phenols is 1. The number of hydrogen-bond donors (Lipinski definition) is 1. The number of phenolic OH excluding ortho intramolecular Hbond substituents is 1. The molecule has 2 aromatic carbocycles. The number of aromatic hydroxyl groups is 1. The zero-order valence-corrected chi connectivity index (χ0v) is 19.0. The quantitative estimate of drug-likeness (QED) is 0.748. The average Bonchev–Trinajstić information content (AvgIpc) is 3.61. The van der Waals surface area contributed by atoms with Crippen molar-refractivity contribution in [2.24, 2.45) is 11.3 Å². The Kier molecular flexibility index (Phi) is 4.66. The highest BCUT2D eigenvalue weighted by atomic mass is 16.5. The summed E-state index contributed by atoms with van der Waals surface area (Å²) in [5.41, 5.74) is 3.20. The molecule has 0 amide bonds. The molecule has 2 bridgehead atoms. The third-order valence-corrected chi connectivity index (χ3v) is 9.10. The summed E-state index contributed by atoms with van der Waals surface area (Å²) in [5.74, 6) is 1.99. The first kappa shape index (κ1) is 20.3. The van der Waals surface area contributed by atoms with Crippen LogP contribution in [0.15, 0.2) is 42.5 Å². The van der Waals surface area contributed by atoms with Gasteiger partial charge in [-0.1, -0.05) is 36.4 Å². The SMILES string of the molecule is COc1ccc2c(c1O)C13CCN(CC4CC4)C(C2)C1(Cc1ccccc1)CCC(=O)C3. The molecule has 4 aliphatic rings. The van der Waals surface area contributed by atoms with Gasteiger partial charge in [0.25, 0.3) is 0 Å². The second kappa shape index (κ2) is 7.34. The van der Waals surface area contributed by atoms with Gasteiger partial charge in [-0.25, -0.2) is 0 Å². The van der Waals surface area contributed by atoms with Gasteiger partial charge < -0.3 is 9.84 Å². The van der Waals surface area contributed by atoms with Gasteiger partial charge in [0, 0.05) is 41.8 Å². The second-order valence-electron chi connectivity index (χ2n) is 10.7. The van der Waals surface area contributed by atoms with Gasteiger partial charge in [-0.2, -0.15) is 0 Å². The molecular weight excluding hydrogens is 398 g/mol. The Labute approximate surface area is 190 Å². The Hall–Kier alpha value is -2.33. The number of methoxy groups -OCH3 is 1. The molecule has 168 valence electrons. The molecule has 1 N–H and O–H groups in total. The van der Waals surface area contributed by atoms with Crippen LogP contribution in [0.3, 0.4) is 0 Å². The molecule has 4 heteroatoms. The third kappa shape index (κ3) is 2.88. The van der Waals surface area contributed by atoms with Gasteiger partial charge in [0.05, 0.1) is 7.11 Å². The van der Waals surface area contributed by atoms with E-state index in [1.807, 2.05) is 6.07 Å². The minimum Gasteiger partial charge on any atom is -0.504 e. The predicted octanol–water partition coefficient (Wildman–Crippen LogP) is 4.66. The highest BCUT2D eigenvalue weighted by Gasteiger charge is 2.65. The van der Waals surface area contributed by atoms with E-state index in [9.17, 15) is 9.90 Å². The van der Waals surface area contributed by atoms with E-state index in [2.05, 4.69) is 41.3 Å².